The van der Waals surface area contributed by atoms with Gasteiger partial charge in [0.1, 0.15) is 55.4 Å². The van der Waals surface area contributed by atoms with Gasteiger partial charge in [-0.25, -0.2) is 0 Å². The molecule has 15 heteroatoms. The van der Waals surface area contributed by atoms with Crippen LogP contribution in [0.4, 0.5) is 0 Å². The first-order valence-corrected chi connectivity index (χ1v) is 23.9. The van der Waals surface area contributed by atoms with Crippen molar-refractivity contribution in [3.63, 3.8) is 0 Å². The summed E-state index contributed by atoms with van der Waals surface area (Å²) in [5.74, 6) is -1.01. The van der Waals surface area contributed by atoms with Gasteiger partial charge >= 0.3 is 11.9 Å². The number of hydrogen-bond acceptors (Lipinski definition) is 15. The third-order valence-electron chi connectivity index (χ3n) is 11.1. The largest absolute Gasteiger partial charge is 0.462 e. The highest BCUT2D eigenvalue weighted by atomic mass is 16.7. The van der Waals surface area contributed by atoms with Crippen LogP contribution in [0.1, 0.15) is 142 Å². The lowest BCUT2D eigenvalue weighted by molar-refractivity contribution is -0.332. The molecule has 368 valence electrons. The van der Waals surface area contributed by atoms with Crippen LogP contribution >= 0.6 is 0 Å². The van der Waals surface area contributed by atoms with Gasteiger partial charge in [-0.2, -0.15) is 0 Å². The van der Waals surface area contributed by atoms with Crippen LogP contribution in [0, 0.1) is 0 Å². The molecule has 15 nitrogen and oxygen atoms in total. The first-order valence-electron chi connectivity index (χ1n) is 23.9. The molecule has 2 fully saturated rings. The predicted molar refractivity (Wildman–Crippen MR) is 243 cm³/mol. The summed E-state index contributed by atoms with van der Waals surface area (Å²) in [6.07, 6.45) is 22.7. The van der Waals surface area contributed by atoms with Crippen molar-refractivity contribution in [3.05, 3.63) is 60.8 Å². The molecule has 2 aliphatic rings. The fourth-order valence-corrected chi connectivity index (χ4v) is 7.19. The van der Waals surface area contributed by atoms with E-state index in [0.29, 0.717) is 19.3 Å². The summed E-state index contributed by atoms with van der Waals surface area (Å²) in [7, 11) is 0. The Labute approximate surface area is 381 Å². The fraction of sp³-hybridized carbons (Fsp3) is 0.755. The molecular formula is C49H82O15. The molecule has 2 rings (SSSR count). The van der Waals surface area contributed by atoms with E-state index in [4.69, 9.17) is 28.4 Å². The number of carbonyl (C=O) groups excluding carboxylic acids is 2. The summed E-state index contributed by atoms with van der Waals surface area (Å²) in [6, 6.07) is 0. The van der Waals surface area contributed by atoms with E-state index in [9.17, 15) is 45.3 Å². The molecule has 0 aromatic heterocycles. The van der Waals surface area contributed by atoms with E-state index in [1.165, 1.54) is 70.6 Å². The maximum absolute atomic E-state index is 12.9. The molecule has 2 saturated heterocycles. The second kappa shape index (κ2) is 36.3. The average molecular weight is 911 g/mol. The maximum atomic E-state index is 12.9. The molecule has 0 aromatic rings. The van der Waals surface area contributed by atoms with Gasteiger partial charge in [-0.3, -0.25) is 9.59 Å². The Bertz CT molecular complexity index is 1350. The first-order chi connectivity index (χ1) is 31.0. The summed E-state index contributed by atoms with van der Waals surface area (Å²) in [4.78, 5) is 25.6. The van der Waals surface area contributed by atoms with Crippen molar-refractivity contribution in [3.8, 4) is 0 Å². The van der Waals surface area contributed by atoms with Crippen molar-refractivity contribution in [1.29, 1.82) is 0 Å². The van der Waals surface area contributed by atoms with Crippen molar-refractivity contribution < 1.29 is 73.8 Å². The number of carbonyl (C=O) groups is 2. The number of rotatable bonds is 35. The molecule has 0 aliphatic carbocycles. The van der Waals surface area contributed by atoms with Crippen LogP contribution in [0.3, 0.4) is 0 Å². The molecule has 11 atom stereocenters. The van der Waals surface area contributed by atoms with E-state index in [2.05, 4.69) is 19.9 Å². The zero-order valence-corrected chi connectivity index (χ0v) is 38.5. The van der Waals surface area contributed by atoms with Crippen molar-refractivity contribution in [2.75, 3.05) is 26.4 Å². The number of hydrogen-bond donors (Lipinski definition) is 7. The normalized spacial score (nSPS) is 27.1. The monoisotopic (exact) mass is 911 g/mol. The minimum atomic E-state index is -1.78. The van der Waals surface area contributed by atoms with E-state index in [1.807, 2.05) is 54.7 Å². The molecule has 0 bridgehead atoms. The highest BCUT2D eigenvalue weighted by molar-refractivity contribution is 5.70. The van der Waals surface area contributed by atoms with Gasteiger partial charge in [0.2, 0.25) is 0 Å². The van der Waals surface area contributed by atoms with Crippen molar-refractivity contribution in [2.24, 2.45) is 0 Å². The van der Waals surface area contributed by atoms with E-state index in [1.54, 1.807) is 0 Å². The lowest BCUT2D eigenvalue weighted by Gasteiger charge is -2.42. The zero-order valence-electron chi connectivity index (χ0n) is 38.5. The van der Waals surface area contributed by atoms with Crippen LogP contribution in [0.5, 0.6) is 0 Å². The predicted octanol–water partition coefficient (Wildman–Crippen LogP) is 5.70. The lowest BCUT2D eigenvalue weighted by Crippen LogP contribution is -2.61. The van der Waals surface area contributed by atoms with Crippen LogP contribution in [0.15, 0.2) is 60.8 Å². The molecule has 0 amide bonds. The molecule has 0 radical (unpaired) electrons. The highest BCUT2D eigenvalue weighted by Gasteiger charge is 2.47. The Morgan fingerprint density at radius 1 is 0.516 bits per heavy atom. The summed E-state index contributed by atoms with van der Waals surface area (Å²) in [5.41, 5.74) is 0. The summed E-state index contributed by atoms with van der Waals surface area (Å²) in [5, 5.41) is 71.9. The van der Waals surface area contributed by atoms with Gasteiger partial charge in [0.25, 0.3) is 0 Å². The molecule has 5 unspecified atom stereocenters. The van der Waals surface area contributed by atoms with Gasteiger partial charge in [0.05, 0.1) is 19.8 Å². The van der Waals surface area contributed by atoms with E-state index in [-0.39, 0.29) is 19.4 Å². The van der Waals surface area contributed by atoms with Crippen LogP contribution in [-0.2, 0) is 38.0 Å². The Morgan fingerprint density at radius 2 is 0.984 bits per heavy atom. The summed E-state index contributed by atoms with van der Waals surface area (Å²) >= 11 is 0. The topological polar surface area (TPSA) is 231 Å². The molecule has 2 aliphatic heterocycles. The Hall–Kier alpha value is -2.80. The quantitative estimate of drug-likeness (QED) is 0.0230. The zero-order chi connectivity index (χ0) is 46.8. The van der Waals surface area contributed by atoms with Crippen molar-refractivity contribution >= 4 is 11.9 Å². The summed E-state index contributed by atoms with van der Waals surface area (Å²) in [6.45, 7) is 2.35. The van der Waals surface area contributed by atoms with E-state index >= 15 is 0 Å². The van der Waals surface area contributed by atoms with E-state index in [0.717, 1.165) is 25.7 Å². The second-order valence-corrected chi connectivity index (χ2v) is 16.7. The smallest absolute Gasteiger partial charge is 0.306 e. The van der Waals surface area contributed by atoms with Gasteiger partial charge in [0.15, 0.2) is 18.7 Å². The van der Waals surface area contributed by atoms with Crippen LogP contribution < -0.4 is 0 Å². The van der Waals surface area contributed by atoms with Gasteiger partial charge in [-0.15, -0.1) is 0 Å². The van der Waals surface area contributed by atoms with Crippen molar-refractivity contribution in [1.82, 2.24) is 0 Å². The number of allylic oxidation sites excluding steroid dienone is 10. The van der Waals surface area contributed by atoms with Crippen LogP contribution in [0.25, 0.3) is 0 Å². The number of ether oxygens (including phenoxy) is 6. The van der Waals surface area contributed by atoms with Crippen molar-refractivity contribution in [2.45, 2.75) is 210 Å². The molecule has 0 saturated carbocycles. The van der Waals surface area contributed by atoms with Gasteiger partial charge in [0, 0.05) is 12.8 Å². The van der Waals surface area contributed by atoms with E-state index < -0.39 is 99.3 Å². The lowest BCUT2D eigenvalue weighted by atomic mass is 9.98. The number of aliphatic hydroxyl groups excluding tert-OH is 7. The minimum Gasteiger partial charge on any atom is -0.462 e. The van der Waals surface area contributed by atoms with Gasteiger partial charge in [-0.05, 0) is 25.7 Å². The number of unbranched alkanes of at least 4 members (excludes halogenated alkanes) is 15. The SMILES string of the molecule is CC/C=C/C=C/C=C/C=C/C=C/CCCC(=O)OC(COC(=O)CCCCCCCCCCCCCCCCC)CO[C@@H]1O[C@H](CO[C@@H]2O[C@H](CO)[C@H](O)C(O)C2O)[C@H](O)C(O)C1O. The Kier molecular flexibility index (Phi) is 32.5. The van der Waals surface area contributed by atoms with Crippen LogP contribution in [-0.4, -0.2) is 142 Å². The molecule has 0 spiro atoms. The summed E-state index contributed by atoms with van der Waals surface area (Å²) < 4.78 is 33.4. The number of esters is 2. The third-order valence-corrected chi connectivity index (χ3v) is 11.1. The second-order valence-electron chi connectivity index (χ2n) is 16.7. The average Bonchev–Trinajstić information content (AvgIpc) is 3.29. The van der Waals surface area contributed by atoms with Gasteiger partial charge in [-0.1, -0.05) is 164 Å². The fourth-order valence-electron chi connectivity index (χ4n) is 7.19. The van der Waals surface area contributed by atoms with Crippen LogP contribution in [0.2, 0.25) is 0 Å². The van der Waals surface area contributed by atoms with Gasteiger partial charge < -0.3 is 64.2 Å². The Balaban J connectivity index is 1.86. The third kappa shape index (κ3) is 24.6. The molecule has 0 aromatic carbocycles. The standard InChI is InChI=1S/C49H82O15/c1-3-5-7-9-11-13-15-17-18-20-21-23-25-27-29-31-40(51)59-34-37(62-41(52)32-30-28-26-24-22-19-16-14-12-10-8-6-4-2)35-60-48-47(58)45(56)43(54)39(64-48)36-61-49-46(57)44(55)42(53)38(33-50)63-49/h6,8,10,12,14,16,19,22,24,26,37-39,42-50,53-58H,3-5,7,9,11,13,15,17-18,20-21,23,25,27-36H2,1-2H3/b8-6+,12-10+,16-14+,22-19+,26-24+/t37?,38-,39-,42+,43+,44?,45?,46?,47?,48-,49-/m1/s1. The Morgan fingerprint density at radius 3 is 1.53 bits per heavy atom. The molecule has 7 N–H and O–H groups in total. The number of aliphatic hydroxyl groups is 7. The molecule has 2 heterocycles. The molecule has 64 heavy (non-hydrogen) atoms. The highest BCUT2D eigenvalue weighted by Crippen LogP contribution is 2.26. The minimum absolute atomic E-state index is 0.0679. The first kappa shape index (κ1) is 57.3. The maximum Gasteiger partial charge on any atom is 0.306 e. The molecular weight excluding hydrogens is 829 g/mol.